The van der Waals surface area contributed by atoms with Crippen molar-refractivity contribution in [3.8, 4) is 5.75 Å². The maximum atomic E-state index is 11.8. The summed E-state index contributed by atoms with van der Waals surface area (Å²) in [5.41, 5.74) is 4.25. The largest absolute Gasteiger partial charge is 0.494 e. The molecule has 0 heterocycles. The summed E-state index contributed by atoms with van der Waals surface area (Å²) in [6, 6.07) is 26.4. The van der Waals surface area contributed by atoms with Gasteiger partial charge in [-0.15, -0.1) is 0 Å². The van der Waals surface area contributed by atoms with Crippen LogP contribution in [0.25, 0.3) is 6.08 Å². The number of hydrogen-bond donors (Lipinski definition) is 0. The van der Waals surface area contributed by atoms with E-state index in [-0.39, 0.29) is 11.9 Å². The van der Waals surface area contributed by atoms with Crippen LogP contribution in [0.5, 0.6) is 5.75 Å². The van der Waals surface area contributed by atoms with Crippen LogP contribution >= 0.6 is 0 Å². The minimum atomic E-state index is -0.327. The molecule has 212 valence electrons. The van der Waals surface area contributed by atoms with Gasteiger partial charge in [0.2, 0.25) is 0 Å². The lowest BCUT2D eigenvalue weighted by Gasteiger charge is -2.13. The molecule has 5 heteroatoms. The molecule has 0 aliphatic carbocycles. The van der Waals surface area contributed by atoms with Gasteiger partial charge in [0.15, 0.2) is 0 Å². The van der Waals surface area contributed by atoms with Gasteiger partial charge in [0.05, 0.1) is 26.4 Å². The highest BCUT2D eigenvalue weighted by Crippen LogP contribution is 2.20. The van der Waals surface area contributed by atoms with Gasteiger partial charge in [0.25, 0.3) is 0 Å². The molecule has 0 spiro atoms. The van der Waals surface area contributed by atoms with Crippen LogP contribution in [0.3, 0.4) is 0 Å². The highest BCUT2D eigenvalue weighted by molar-refractivity contribution is 5.89. The smallest absolute Gasteiger partial charge is 0.337 e. The van der Waals surface area contributed by atoms with Gasteiger partial charge in [-0.2, -0.15) is 0 Å². The molecule has 0 saturated heterocycles. The summed E-state index contributed by atoms with van der Waals surface area (Å²) in [7, 11) is 2.82. The van der Waals surface area contributed by atoms with Gasteiger partial charge in [-0.25, -0.2) is 4.79 Å². The number of esters is 2. The van der Waals surface area contributed by atoms with E-state index in [4.69, 9.17) is 14.2 Å². The summed E-state index contributed by atoms with van der Waals surface area (Å²) < 4.78 is 15.4. The average molecular weight is 543 g/mol. The standard InChI is InChI=1S/C35H42O5/c1-38-34(36)15-9-8-12-30(27-31-22-24-32(25-23-31)35(37)39-2)21-20-29-18-16-28(17-19-29)11-5-4-10-26-40-33-13-6-3-7-14-33/h3,6-7,13-14,16-25,30H,4-5,8-12,15,26-27H2,1-2H3/b21-20+. The summed E-state index contributed by atoms with van der Waals surface area (Å²) in [6.45, 7) is 0.757. The molecule has 0 aliphatic heterocycles. The highest BCUT2D eigenvalue weighted by Gasteiger charge is 2.10. The van der Waals surface area contributed by atoms with Gasteiger partial charge in [0.1, 0.15) is 5.75 Å². The van der Waals surface area contributed by atoms with E-state index in [0.717, 1.165) is 63.7 Å². The summed E-state index contributed by atoms with van der Waals surface area (Å²) in [6.07, 6.45) is 12.9. The fraction of sp³-hybridized carbons (Fsp3) is 0.371. The molecule has 3 aromatic rings. The maximum absolute atomic E-state index is 11.8. The molecule has 1 unspecified atom stereocenters. The first-order valence-corrected chi connectivity index (χ1v) is 14.3. The lowest BCUT2D eigenvalue weighted by Crippen LogP contribution is -2.05. The van der Waals surface area contributed by atoms with Crippen LogP contribution in [-0.2, 0) is 27.1 Å². The molecule has 3 rings (SSSR count). The van der Waals surface area contributed by atoms with E-state index in [1.165, 1.54) is 30.9 Å². The first-order chi connectivity index (χ1) is 19.6. The Kier molecular flexibility index (Phi) is 13.6. The van der Waals surface area contributed by atoms with E-state index < -0.39 is 0 Å². The molecule has 0 radical (unpaired) electrons. The van der Waals surface area contributed by atoms with E-state index in [0.29, 0.717) is 17.9 Å². The number of aryl methyl sites for hydroxylation is 1. The van der Waals surface area contributed by atoms with Crippen molar-refractivity contribution in [2.45, 2.75) is 57.8 Å². The topological polar surface area (TPSA) is 61.8 Å². The minimum Gasteiger partial charge on any atom is -0.494 e. The summed E-state index contributed by atoms with van der Waals surface area (Å²) >= 11 is 0. The fourth-order valence-corrected chi connectivity index (χ4v) is 4.60. The van der Waals surface area contributed by atoms with Crippen molar-refractivity contribution < 1.29 is 23.8 Å². The molecule has 0 amide bonds. The Bertz CT molecular complexity index is 1170. The van der Waals surface area contributed by atoms with E-state index >= 15 is 0 Å². The van der Waals surface area contributed by atoms with Crippen molar-refractivity contribution in [1.82, 2.24) is 0 Å². The molecular weight excluding hydrogens is 500 g/mol. The molecule has 0 fully saturated rings. The van der Waals surface area contributed by atoms with E-state index in [1.807, 2.05) is 54.6 Å². The molecular formula is C35H42O5. The van der Waals surface area contributed by atoms with Gasteiger partial charge in [-0.1, -0.05) is 73.2 Å². The average Bonchev–Trinajstić information content (AvgIpc) is 3.00. The van der Waals surface area contributed by atoms with Crippen LogP contribution < -0.4 is 4.74 Å². The molecule has 0 saturated carbocycles. The van der Waals surface area contributed by atoms with Crippen LogP contribution in [0.15, 0.2) is 84.9 Å². The van der Waals surface area contributed by atoms with Crippen LogP contribution in [0.4, 0.5) is 0 Å². The Morgan fingerprint density at radius 3 is 2.17 bits per heavy atom. The number of para-hydroxylation sites is 1. The Labute approximate surface area is 239 Å². The Morgan fingerprint density at radius 2 is 1.48 bits per heavy atom. The van der Waals surface area contributed by atoms with Gasteiger partial charge in [-0.05, 0) is 91.8 Å². The lowest BCUT2D eigenvalue weighted by atomic mass is 9.92. The third kappa shape index (κ3) is 11.5. The number of hydrogen-bond acceptors (Lipinski definition) is 5. The fourth-order valence-electron chi connectivity index (χ4n) is 4.60. The molecule has 5 nitrogen and oxygen atoms in total. The summed E-state index contributed by atoms with van der Waals surface area (Å²) in [4.78, 5) is 23.2. The van der Waals surface area contributed by atoms with Crippen LogP contribution in [-0.4, -0.2) is 32.8 Å². The zero-order valence-electron chi connectivity index (χ0n) is 23.8. The molecule has 0 N–H and O–H groups in total. The second kappa shape index (κ2) is 17.7. The normalized spacial score (nSPS) is 11.8. The summed E-state index contributed by atoms with van der Waals surface area (Å²) in [5.74, 6) is 0.767. The van der Waals surface area contributed by atoms with Gasteiger partial charge in [-0.3, -0.25) is 4.79 Å². The Hall–Kier alpha value is -3.86. The number of rotatable bonds is 17. The van der Waals surface area contributed by atoms with Crippen molar-refractivity contribution >= 4 is 18.0 Å². The number of carbonyl (C=O) groups excluding carboxylic acids is 2. The van der Waals surface area contributed by atoms with E-state index in [2.05, 4.69) is 36.4 Å². The van der Waals surface area contributed by atoms with Crippen LogP contribution in [0.2, 0.25) is 0 Å². The van der Waals surface area contributed by atoms with Gasteiger partial charge in [0, 0.05) is 6.42 Å². The number of allylic oxidation sites excluding steroid dienone is 1. The molecule has 3 aromatic carbocycles. The van der Waals surface area contributed by atoms with Crippen molar-refractivity contribution in [2.24, 2.45) is 5.92 Å². The monoisotopic (exact) mass is 542 g/mol. The molecule has 0 aliphatic rings. The quantitative estimate of drug-likeness (QED) is 0.128. The van der Waals surface area contributed by atoms with Crippen molar-refractivity contribution in [3.63, 3.8) is 0 Å². The van der Waals surface area contributed by atoms with E-state index in [9.17, 15) is 9.59 Å². The zero-order chi connectivity index (χ0) is 28.4. The van der Waals surface area contributed by atoms with Crippen molar-refractivity contribution in [2.75, 3.05) is 20.8 Å². The minimum absolute atomic E-state index is 0.161. The predicted octanol–water partition coefficient (Wildman–Crippen LogP) is 7.87. The van der Waals surface area contributed by atoms with Crippen LogP contribution in [0, 0.1) is 5.92 Å². The van der Waals surface area contributed by atoms with Gasteiger partial charge < -0.3 is 14.2 Å². The number of benzene rings is 3. The molecule has 40 heavy (non-hydrogen) atoms. The Morgan fingerprint density at radius 1 is 0.750 bits per heavy atom. The Balaban J connectivity index is 1.48. The maximum Gasteiger partial charge on any atom is 0.337 e. The number of unbranched alkanes of at least 4 members (excludes halogenated alkanes) is 3. The third-order valence-electron chi connectivity index (χ3n) is 6.97. The zero-order valence-corrected chi connectivity index (χ0v) is 23.8. The van der Waals surface area contributed by atoms with Crippen molar-refractivity contribution in [3.05, 3.63) is 107 Å². The molecule has 0 aromatic heterocycles. The predicted molar refractivity (Wildman–Crippen MR) is 160 cm³/mol. The third-order valence-corrected chi connectivity index (χ3v) is 6.97. The number of carbonyl (C=O) groups is 2. The SMILES string of the molecule is COC(=O)CCCCC(/C=C/c1ccc(CCCCCOc2ccccc2)cc1)Cc1ccc(C(=O)OC)cc1. The summed E-state index contributed by atoms with van der Waals surface area (Å²) in [5, 5.41) is 0. The second-order valence-corrected chi connectivity index (χ2v) is 10.0. The first-order valence-electron chi connectivity index (χ1n) is 14.3. The molecule has 1 atom stereocenters. The highest BCUT2D eigenvalue weighted by atomic mass is 16.5. The van der Waals surface area contributed by atoms with Crippen molar-refractivity contribution in [1.29, 1.82) is 0 Å². The number of methoxy groups -OCH3 is 2. The first kappa shape index (κ1) is 30.7. The van der Waals surface area contributed by atoms with E-state index in [1.54, 1.807) is 0 Å². The van der Waals surface area contributed by atoms with Crippen LogP contribution in [0.1, 0.15) is 72.0 Å². The second-order valence-electron chi connectivity index (χ2n) is 10.0. The molecule has 0 bridgehead atoms. The lowest BCUT2D eigenvalue weighted by molar-refractivity contribution is -0.140. The van der Waals surface area contributed by atoms with Gasteiger partial charge >= 0.3 is 11.9 Å². The number of ether oxygens (including phenoxy) is 3.